The average Bonchev–Trinajstić information content (AvgIpc) is 2.06. The molecule has 0 heterocycles. The van der Waals surface area contributed by atoms with E-state index in [4.69, 9.17) is 10.3 Å². The van der Waals surface area contributed by atoms with Crippen molar-refractivity contribution in [1.29, 1.82) is 0 Å². The monoisotopic (exact) mass is 308 g/mol. The fraction of sp³-hybridized carbons (Fsp3) is 0.125. The zero-order valence-corrected chi connectivity index (χ0v) is 10.6. The first-order valence-electron chi connectivity index (χ1n) is 4.06. The van der Waals surface area contributed by atoms with Crippen LogP contribution in [0.1, 0.15) is 6.92 Å². The highest BCUT2D eigenvalue weighted by Crippen LogP contribution is 2.30. The van der Waals surface area contributed by atoms with E-state index in [1.165, 1.54) is 13.0 Å². The first-order chi connectivity index (χ1) is 7.21. The van der Waals surface area contributed by atoms with Crippen LogP contribution in [0.5, 0.6) is 0 Å². The van der Waals surface area contributed by atoms with Gasteiger partial charge in [0.15, 0.2) is 0 Å². The van der Waals surface area contributed by atoms with Gasteiger partial charge in [0.1, 0.15) is 4.90 Å². The number of hydrogen-bond acceptors (Lipinski definition) is 4. The molecule has 1 aromatic rings. The second-order valence-electron chi connectivity index (χ2n) is 3.03. The van der Waals surface area contributed by atoms with Gasteiger partial charge >= 0.3 is 0 Å². The summed E-state index contributed by atoms with van der Waals surface area (Å²) in [5.74, 6) is -0.369. The molecule has 1 amide bonds. The van der Waals surface area contributed by atoms with Gasteiger partial charge in [-0.2, -0.15) is 8.42 Å². The molecule has 0 bridgehead atoms. The Morgan fingerprint density at radius 3 is 2.50 bits per heavy atom. The number of nitrogens with two attached hydrogens (primary N) is 1. The largest absolute Gasteiger partial charge is 0.398 e. The maximum atomic E-state index is 11.0. The van der Waals surface area contributed by atoms with Crippen molar-refractivity contribution in [2.75, 3.05) is 11.1 Å². The standard InChI is InChI=1S/C8H9BrN2O4S/c1-4(12)11-7-3-8(16(13,14)15)6(10)2-5(7)9/h2-3H,10H2,1H3,(H,11,12)(H,13,14,15). The van der Waals surface area contributed by atoms with Gasteiger partial charge < -0.3 is 11.1 Å². The second-order valence-corrected chi connectivity index (χ2v) is 5.27. The molecule has 0 unspecified atom stereocenters. The molecule has 8 heteroatoms. The summed E-state index contributed by atoms with van der Waals surface area (Å²) >= 11 is 3.11. The van der Waals surface area contributed by atoms with Gasteiger partial charge in [0.25, 0.3) is 10.1 Å². The summed E-state index contributed by atoms with van der Waals surface area (Å²) in [4.78, 5) is 10.4. The van der Waals surface area contributed by atoms with Crippen molar-refractivity contribution in [3.63, 3.8) is 0 Å². The van der Waals surface area contributed by atoms with Gasteiger partial charge in [0.05, 0.1) is 11.4 Å². The van der Waals surface area contributed by atoms with Gasteiger partial charge in [-0.15, -0.1) is 0 Å². The summed E-state index contributed by atoms with van der Waals surface area (Å²) in [5, 5.41) is 2.40. The Bertz CT molecular complexity index is 541. The van der Waals surface area contributed by atoms with E-state index in [1.807, 2.05) is 0 Å². The highest BCUT2D eigenvalue weighted by atomic mass is 79.9. The van der Waals surface area contributed by atoms with Crippen LogP contribution in [0.4, 0.5) is 11.4 Å². The number of rotatable bonds is 2. The maximum Gasteiger partial charge on any atom is 0.296 e. The molecule has 0 radical (unpaired) electrons. The zero-order chi connectivity index (χ0) is 12.5. The summed E-state index contributed by atoms with van der Waals surface area (Å²) in [6.07, 6.45) is 0. The molecule has 0 spiro atoms. The van der Waals surface area contributed by atoms with E-state index in [9.17, 15) is 13.2 Å². The summed E-state index contributed by atoms with van der Waals surface area (Å²) in [6.45, 7) is 1.27. The number of nitrogens with one attached hydrogen (secondary N) is 1. The van der Waals surface area contributed by atoms with Crippen molar-refractivity contribution in [2.24, 2.45) is 0 Å². The number of benzene rings is 1. The molecule has 0 aliphatic rings. The SMILES string of the molecule is CC(=O)Nc1cc(S(=O)(=O)O)c(N)cc1Br. The minimum Gasteiger partial charge on any atom is -0.398 e. The van der Waals surface area contributed by atoms with Gasteiger partial charge in [-0.25, -0.2) is 0 Å². The van der Waals surface area contributed by atoms with E-state index in [0.29, 0.717) is 4.47 Å². The van der Waals surface area contributed by atoms with Gasteiger partial charge in [-0.3, -0.25) is 9.35 Å². The number of halogens is 1. The summed E-state index contributed by atoms with van der Waals surface area (Å²) in [6, 6.07) is 2.37. The lowest BCUT2D eigenvalue weighted by atomic mass is 10.3. The fourth-order valence-electron chi connectivity index (χ4n) is 1.08. The van der Waals surface area contributed by atoms with Crippen LogP contribution in [-0.2, 0) is 14.9 Å². The van der Waals surface area contributed by atoms with Gasteiger partial charge in [0, 0.05) is 11.4 Å². The third-order valence-electron chi connectivity index (χ3n) is 1.69. The lowest BCUT2D eigenvalue weighted by Gasteiger charge is -2.09. The van der Waals surface area contributed by atoms with Crippen molar-refractivity contribution in [2.45, 2.75) is 11.8 Å². The minimum absolute atomic E-state index is 0.108. The number of hydrogen-bond donors (Lipinski definition) is 3. The van der Waals surface area contributed by atoms with Crippen LogP contribution in [0, 0.1) is 0 Å². The Morgan fingerprint density at radius 2 is 2.06 bits per heavy atom. The molecule has 0 aliphatic heterocycles. The predicted octanol–water partition coefficient (Wildman–Crippen LogP) is 1.24. The summed E-state index contributed by atoms with van der Waals surface area (Å²) in [5.41, 5.74) is 5.53. The Balaban J connectivity index is 3.38. The maximum absolute atomic E-state index is 11.0. The van der Waals surface area contributed by atoms with E-state index in [2.05, 4.69) is 21.2 Å². The Morgan fingerprint density at radius 1 is 1.50 bits per heavy atom. The molecular weight excluding hydrogens is 300 g/mol. The van der Waals surface area contributed by atoms with E-state index in [1.54, 1.807) is 0 Å². The van der Waals surface area contributed by atoms with Crippen LogP contribution in [0.3, 0.4) is 0 Å². The second kappa shape index (κ2) is 4.40. The molecule has 0 aliphatic carbocycles. The van der Waals surface area contributed by atoms with Crippen LogP contribution in [0.15, 0.2) is 21.5 Å². The quantitative estimate of drug-likeness (QED) is 0.562. The Kier molecular flexibility index (Phi) is 3.56. The van der Waals surface area contributed by atoms with Crippen molar-refractivity contribution >= 4 is 43.3 Å². The number of amides is 1. The Hall–Kier alpha value is -1.12. The zero-order valence-electron chi connectivity index (χ0n) is 8.19. The topological polar surface area (TPSA) is 109 Å². The lowest BCUT2D eigenvalue weighted by molar-refractivity contribution is -0.114. The molecule has 88 valence electrons. The number of carbonyl (C=O) groups excluding carboxylic acids is 1. The molecule has 0 atom stereocenters. The molecule has 16 heavy (non-hydrogen) atoms. The highest BCUT2D eigenvalue weighted by molar-refractivity contribution is 9.10. The van der Waals surface area contributed by atoms with Crippen molar-refractivity contribution in [3.8, 4) is 0 Å². The number of nitrogen functional groups attached to an aromatic ring is 1. The molecule has 4 N–H and O–H groups in total. The van der Waals surface area contributed by atoms with Crippen molar-refractivity contribution in [1.82, 2.24) is 0 Å². The van der Waals surface area contributed by atoms with Crippen LogP contribution >= 0.6 is 15.9 Å². The Labute approximate surface area is 101 Å². The molecule has 6 nitrogen and oxygen atoms in total. The first-order valence-corrected chi connectivity index (χ1v) is 6.29. The fourth-order valence-corrected chi connectivity index (χ4v) is 2.16. The van der Waals surface area contributed by atoms with E-state index < -0.39 is 15.0 Å². The predicted molar refractivity (Wildman–Crippen MR) is 62.7 cm³/mol. The van der Waals surface area contributed by atoms with Crippen LogP contribution in [-0.4, -0.2) is 18.9 Å². The molecule has 0 saturated heterocycles. The molecule has 0 aromatic heterocycles. The van der Waals surface area contributed by atoms with Crippen LogP contribution < -0.4 is 11.1 Å². The molecule has 1 rings (SSSR count). The normalized spacial score (nSPS) is 11.2. The smallest absolute Gasteiger partial charge is 0.296 e. The van der Waals surface area contributed by atoms with Gasteiger partial charge in [-0.1, -0.05) is 0 Å². The molecule has 1 aromatic carbocycles. The average molecular weight is 309 g/mol. The van der Waals surface area contributed by atoms with E-state index in [0.717, 1.165) is 6.07 Å². The first kappa shape index (κ1) is 12.9. The molecule has 0 fully saturated rings. The third-order valence-corrected chi connectivity index (χ3v) is 3.25. The minimum atomic E-state index is -4.41. The highest BCUT2D eigenvalue weighted by Gasteiger charge is 2.17. The van der Waals surface area contributed by atoms with Gasteiger partial charge in [0.2, 0.25) is 5.91 Å². The molecule has 0 saturated carbocycles. The number of anilines is 2. The van der Waals surface area contributed by atoms with E-state index >= 15 is 0 Å². The molecular formula is C8H9BrN2O4S. The van der Waals surface area contributed by atoms with Gasteiger partial charge in [-0.05, 0) is 28.1 Å². The third kappa shape index (κ3) is 2.94. The van der Waals surface area contributed by atoms with Crippen molar-refractivity contribution < 1.29 is 17.8 Å². The lowest BCUT2D eigenvalue weighted by Crippen LogP contribution is -2.09. The van der Waals surface area contributed by atoms with E-state index in [-0.39, 0.29) is 17.3 Å². The van der Waals surface area contributed by atoms with Crippen LogP contribution in [0.2, 0.25) is 0 Å². The number of carbonyl (C=O) groups is 1. The van der Waals surface area contributed by atoms with Crippen molar-refractivity contribution in [3.05, 3.63) is 16.6 Å². The van der Waals surface area contributed by atoms with Crippen LogP contribution in [0.25, 0.3) is 0 Å². The summed E-state index contributed by atoms with van der Waals surface area (Å²) < 4.78 is 31.2. The summed E-state index contributed by atoms with van der Waals surface area (Å²) in [7, 11) is -4.41.